The van der Waals surface area contributed by atoms with Crippen molar-refractivity contribution >= 4 is 5.97 Å². The zero-order valence-corrected chi connectivity index (χ0v) is 10.1. The average Bonchev–Trinajstić information content (AvgIpc) is 2.89. The van der Waals surface area contributed by atoms with Crippen LogP contribution >= 0.6 is 0 Å². The first-order valence-corrected chi connectivity index (χ1v) is 5.77. The van der Waals surface area contributed by atoms with Crippen LogP contribution in [0.15, 0.2) is 42.7 Å². The average molecular weight is 262 g/mol. The summed E-state index contributed by atoms with van der Waals surface area (Å²) in [4.78, 5) is 10.7. The molecule has 6 nitrogen and oxygen atoms in total. The van der Waals surface area contributed by atoms with Gasteiger partial charge in [-0.2, -0.15) is 5.10 Å². The number of aliphatic hydroxyl groups excluding tert-OH is 1. The summed E-state index contributed by atoms with van der Waals surface area (Å²) in [6, 6.07) is 7.81. The first kappa shape index (κ1) is 13.1. The van der Waals surface area contributed by atoms with Gasteiger partial charge in [-0.3, -0.25) is 4.68 Å². The highest BCUT2D eigenvalue weighted by Gasteiger charge is 2.07. The van der Waals surface area contributed by atoms with Crippen LogP contribution < -0.4 is 4.74 Å². The molecule has 0 saturated carbocycles. The highest BCUT2D eigenvalue weighted by Crippen LogP contribution is 2.12. The minimum absolute atomic E-state index is 0.117. The highest BCUT2D eigenvalue weighted by molar-refractivity contribution is 5.87. The van der Waals surface area contributed by atoms with Crippen LogP contribution in [0.5, 0.6) is 5.75 Å². The summed E-state index contributed by atoms with van der Waals surface area (Å²) in [5.41, 5.74) is 0.199. The molecule has 0 amide bonds. The SMILES string of the molecule is O=C(O)c1ccc(OC[C@@H](O)Cn2cccn2)cc1. The van der Waals surface area contributed by atoms with Crippen LogP contribution in [-0.2, 0) is 6.54 Å². The maximum absolute atomic E-state index is 10.7. The van der Waals surface area contributed by atoms with Gasteiger partial charge in [-0.25, -0.2) is 4.79 Å². The summed E-state index contributed by atoms with van der Waals surface area (Å²) in [6.07, 6.45) is 2.71. The van der Waals surface area contributed by atoms with Crippen LogP contribution in [0.3, 0.4) is 0 Å². The van der Waals surface area contributed by atoms with Gasteiger partial charge in [0.2, 0.25) is 0 Å². The van der Waals surface area contributed by atoms with Gasteiger partial charge in [0.1, 0.15) is 18.5 Å². The molecular weight excluding hydrogens is 248 g/mol. The molecule has 1 aromatic carbocycles. The number of aromatic carboxylic acids is 1. The van der Waals surface area contributed by atoms with Crippen LogP contribution in [-0.4, -0.2) is 38.7 Å². The number of aliphatic hydroxyl groups is 1. The number of nitrogens with zero attached hydrogens (tertiary/aromatic N) is 2. The van der Waals surface area contributed by atoms with Crippen molar-refractivity contribution in [2.75, 3.05) is 6.61 Å². The lowest BCUT2D eigenvalue weighted by molar-refractivity contribution is 0.0696. The van der Waals surface area contributed by atoms with Gasteiger partial charge in [0.25, 0.3) is 0 Å². The van der Waals surface area contributed by atoms with Crippen LogP contribution in [0, 0.1) is 0 Å². The number of rotatable bonds is 6. The lowest BCUT2D eigenvalue weighted by Crippen LogP contribution is -2.23. The van der Waals surface area contributed by atoms with Crippen LogP contribution in [0.2, 0.25) is 0 Å². The quantitative estimate of drug-likeness (QED) is 0.812. The summed E-state index contributed by atoms with van der Waals surface area (Å²) >= 11 is 0. The molecule has 6 heteroatoms. The molecule has 1 heterocycles. The second kappa shape index (κ2) is 6.01. The number of ether oxygens (including phenoxy) is 1. The van der Waals surface area contributed by atoms with Crippen molar-refractivity contribution < 1.29 is 19.7 Å². The van der Waals surface area contributed by atoms with Crippen LogP contribution in [0.25, 0.3) is 0 Å². The lowest BCUT2D eigenvalue weighted by atomic mass is 10.2. The van der Waals surface area contributed by atoms with Gasteiger partial charge in [0, 0.05) is 12.4 Å². The monoisotopic (exact) mass is 262 g/mol. The molecule has 100 valence electrons. The molecule has 2 aromatic rings. The lowest BCUT2D eigenvalue weighted by Gasteiger charge is -2.12. The number of carboxylic acids is 1. The fourth-order valence-electron chi connectivity index (χ4n) is 1.56. The zero-order valence-electron chi connectivity index (χ0n) is 10.1. The van der Waals surface area contributed by atoms with Crippen molar-refractivity contribution in [1.82, 2.24) is 9.78 Å². The van der Waals surface area contributed by atoms with E-state index in [1.165, 1.54) is 12.1 Å². The van der Waals surface area contributed by atoms with E-state index in [1.54, 1.807) is 35.3 Å². The molecule has 0 fully saturated rings. The normalized spacial score (nSPS) is 12.1. The summed E-state index contributed by atoms with van der Waals surface area (Å²) in [7, 11) is 0. The molecule has 1 aromatic heterocycles. The highest BCUT2D eigenvalue weighted by atomic mass is 16.5. The van der Waals surface area contributed by atoms with E-state index in [4.69, 9.17) is 9.84 Å². The molecule has 2 N–H and O–H groups in total. The third-order valence-corrected chi connectivity index (χ3v) is 2.50. The summed E-state index contributed by atoms with van der Waals surface area (Å²) < 4.78 is 6.98. The van der Waals surface area contributed by atoms with Crippen molar-refractivity contribution in [3.63, 3.8) is 0 Å². The van der Waals surface area contributed by atoms with Gasteiger partial charge >= 0.3 is 5.97 Å². The molecule has 0 unspecified atom stereocenters. The Bertz CT molecular complexity index is 522. The summed E-state index contributed by atoms with van der Waals surface area (Å²) in [6.45, 7) is 0.465. The molecule has 0 bridgehead atoms. The summed E-state index contributed by atoms with van der Waals surface area (Å²) in [5, 5.41) is 22.5. The third-order valence-electron chi connectivity index (χ3n) is 2.50. The molecule has 2 rings (SSSR count). The van der Waals surface area contributed by atoms with Gasteiger partial charge < -0.3 is 14.9 Å². The first-order valence-electron chi connectivity index (χ1n) is 5.77. The maximum atomic E-state index is 10.7. The molecule has 0 aliphatic heterocycles. The Morgan fingerprint density at radius 1 is 1.37 bits per heavy atom. The Balaban J connectivity index is 1.83. The standard InChI is InChI=1S/C13H14N2O4/c16-11(8-15-7-1-6-14-15)9-19-12-4-2-10(3-5-12)13(17)18/h1-7,11,16H,8-9H2,(H,17,18)/t11-/m0/s1. The van der Waals surface area contributed by atoms with E-state index in [1.807, 2.05) is 0 Å². The predicted molar refractivity (Wildman–Crippen MR) is 67.1 cm³/mol. The molecule has 0 spiro atoms. The van der Waals surface area contributed by atoms with Crippen LogP contribution in [0.1, 0.15) is 10.4 Å². The minimum Gasteiger partial charge on any atom is -0.491 e. The fourth-order valence-corrected chi connectivity index (χ4v) is 1.56. The first-order chi connectivity index (χ1) is 9.15. The molecule has 0 saturated heterocycles. The zero-order chi connectivity index (χ0) is 13.7. The van der Waals surface area contributed by atoms with Crippen molar-refractivity contribution in [1.29, 1.82) is 0 Å². The molecule has 0 radical (unpaired) electrons. The van der Waals surface area contributed by atoms with Crippen molar-refractivity contribution in [3.05, 3.63) is 48.3 Å². The Morgan fingerprint density at radius 2 is 2.11 bits per heavy atom. The van der Waals surface area contributed by atoms with Crippen molar-refractivity contribution in [2.45, 2.75) is 12.6 Å². The Labute approximate surface area is 109 Å². The van der Waals surface area contributed by atoms with E-state index in [2.05, 4.69) is 5.10 Å². The second-order valence-corrected chi connectivity index (χ2v) is 4.02. The number of carbonyl (C=O) groups is 1. The fraction of sp³-hybridized carbons (Fsp3) is 0.231. The number of hydrogen-bond donors (Lipinski definition) is 2. The van der Waals surface area contributed by atoms with Gasteiger partial charge in [0.15, 0.2) is 0 Å². The van der Waals surface area contributed by atoms with Gasteiger partial charge in [0.05, 0.1) is 12.1 Å². The Kier molecular flexibility index (Phi) is 4.15. The number of benzene rings is 1. The maximum Gasteiger partial charge on any atom is 0.335 e. The van der Waals surface area contributed by atoms with E-state index >= 15 is 0 Å². The third kappa shape index (κ3) is 3.82. The molecule has 0 aliphatic carbocycles. The number of carboxylic acid groups (broad SMARTS) is 1. The molecule has 1 atom stereocenters. The van der Waals surface area contributed by atoms with Gasteiger partial charge in [-0.1, -0.05) is 0 Å². The Hall–Kier alpha value is -2.34. The summed E-state index contributed by atoms with van der Waals surface area (Å²) in [5.74, 6) is -0.463. The smallest absolute Gasteiger partial charge is 0.335 e. The topological polar surface area (TPSA) is 84.6 Å². The number of hydrogen-bond acceptors (Lipinski definition) is 4. The van der Waals surface area contributed by atoms with Crippen LogP contribution in [0.4, 0.5) is 0 Å². The predicted octanol–water partition coefficient (Wildman–Crippen LogP) is 1.02. The van der Waals surface area contributed by atoms with Crippen molar-refractivity contribution in [3.8, 4) is 5.75 Å². The van der Waals surface area contributed by atoms with Gasteiger partial charge in [-0.05, 0) is 30.3 Å². The molecule has 0 aliphatic rings. The van der Waals surface area contributed by atoms with E-state index in [-0.39, 0.29) is 12.2 Å². The van der Waals surface area contributed by atoms with E-state index < -0.39 is 12.1 Å². The van der Waals surface area contributed by atoms with E-state index in [9.17, 15) is 9.90 Å². The van der Waals surface area contributed by atoms with Crippen molar-refractivity contribution in [2.24, 2.45) is 0 Å². The second-order valence-electron chi connectivity index (χ2n) is 4.02. The molecular formula is C13H14N2O4. The van der Waals surface area contributed by atoms with E-state index in [0.29, 0.717) is 12.3 Å². The Morgan fingerprint density at radius 3 is 2.68 bits per heavy atom. The largest absolute Gasteiger partial charge is 0.491 e. The number of aromatic nitrogens is 2. The molecule has 19 heavy (non-hydrogen) atoms. The van der Waals surface area contributed by atoms with E-state index in [0.717, 1.165) is 0 Å². The minimum atomic E-state index is -0.981. The van der Waals surface area contributed by atoms with Gasteiger partial charge in [-0.15, -0.1) is 0 Å².